The van der Waals surface area contributed by atoms with E-state index in [9.17, 15) is 0 Å². The summed E-state index contributed by atoms with van der Waals surface area (Å²) >= 11 is 0. The summed E-state index contributed by atoms with van der Waals surface area (Å²) in [5.74, 6) is 6.05. The molecule has 7 nitrogen and oxygen atoms in total. The van der Waals surface area contributed by atoms with Crippen molar-refractivity contribution in [3.63, 3.8) is 0 Å². The molecular formula is C22H21N4O3. The van der Waals surface area contributed by atoms with Gasteiger partial charge < -0.3 is 24.5 Å². The molecule has 1 aromatic carbocycles. The van der Waals surface area contributed by atoms with Crippen LogP contribution >= 0.6 is 0 Å². The molecule has 0 aliphatic carbocycles. The number of ether oxygens (including phenoxy) is 3. The van der Waals surface area contributed by atoms with Crippen LogP contribution in [0.5, 0.6) is 0 Å². The van der Waals surface area contributed by atoms with Crippen LogP contribution in [-0.2, 0) is 14.2 Å². The van der Waals surface area contributed by atoms with Crippen molar-refractivity contribution in [2.24, 2.45) is 0 Å². The molecule has 2 aliphatic rings. The van der Waals surface area contributed by atoms with Crippen LogP contribution in [0, 0.1) is 18.8 Å². The Balaban J connectivity index is 1.61. The van der Waals surface area contributed by atoms with Gasteiger partial charge in [-0.1, -0.05) is 30.0 Å². The largest absolute Gasteiger partial charge is 0.383 e. The molecule has 2 fully saturated rings. The van der Waals surface area contributed by atoms with E-state index in [1.165, 1.54) is 6.33 Å². The average Bonchev–Trinajstić information content (AvgIpc) is 3.31. The first-order valence-corrected chi connectivity index (χ1v) is 9.45. The van der Waals surface area contributed by atoms with Gasteiger partial charge in [-0.25, -0.2) is 9.97 Å². The van der Waals surface area contributed by atoms with E-state index in [2.05, 4.69) is 28.7 Å². The number of benzene rings is 1. The van der Waals surface area contributed by atoms with Crippen LogP contribution in [0.25, 0.3) is 11.0 Å². The van der Waals surface area contributed by atoms with Crippen LogP contribution in [0.2, 0.25) is 0 Å². The lowest BCUT2D eigenvalue weighted by Gasteiger charge is -2.24. The lowest BCUT2D eigenvalue weighted by atomic mass is 10.1. The Morgan fingerprint density at radius 2 is 1.86 bits per heavy atom. The van der Waals surface area contributed by atoms with Crippen LogP contribution in [0.15, 0.2) is 42.9 Å². The molecule has 0 amide bonds. The SMILES string of the molecule is [CH2][C@H]1O[C@@H](n2cc(C#Cc3ccccc3)c3c(N)ncnc32)[C@@H]2OC(C)(C)O[C@@H]21. The van der Waals surface area contributed by atoms with Crippen LogP contribution in [-0.4, -0.2) is 38.6 Å². The molecule has 4 atom stereocenters. The maximum atomic E-state index is 6.17. The Bertz CT molecular complexity index is 1130. The summed E-state index contributed by atoms with van der Waals surface area (Å²) in [6.07, 6.45) is 1.95. The number of nitrogens with zero attached hydrogens (tertiary/aromatic N) is 3. The number of nitrogen functional groups attached to an aromatic ring is 1. The Morgan fingerprint density at radius 1 is 1.10 bits per heavy atom. The number of aromatic nitrogens is 3. The first-order chi connectivity index (χ1) is 13.9. The van der Waals surface area contributed by atoms with Crippen molar-refractivity contribution in [2.75, 3.05) is 5.73 Å². The molecule has 147 valence electrons. The van der Waals surface area contributed by atoms with Gasteiger partial charge in [-0.15, -0.1) is 0 Å². The molecule has 2 aliphatic heterocycles. The minimum atomic E-state index is -0.694. The molecule has 0 saturated carbocycles. The van der Waals surface area contributed by atoms with E-state index in [0.29, 0.717) is 16.9 Å². The fourth-order valence-corrected chi connectivity index (χ4v) is 3.94. The maximum absolute atomic E-state index is 6.17. The number of rotatable bonds is 1. The molecular weight excluding hydrogens is 368 g/mol. The van der Waals surface area contributed by atoms with Gasteiger partial charge in [-0.05, 0) is 32.9 Å². The van der Waals surface area contributed by atoms with Crippen LogP contribution in [0.1, 0.15) is 31.2 Å². The topological polar surface area (TPSA) is 84.4 Å². The molecule has 5 rings (SSSR count). The van der Waals surface area contributed by atoms with Crippen LogP contribution < -0.4 is 5.73 Å². The summed E-state index contributed by atoms with van der Waals surface area (Å²) in [4.78, 5) is 8.59. The lowest BCUT2D eigenvalue weighted by Crippen LogP contribution is -2.27. The summed E-state index contributed by atoms with van der Waals surface area (Å²) in [7, 11) is 0. The third-order valence-corrected chi connectivity index (χ3v) is 5.15. The van der Waals surface area contributed by atoms with Gasteiger partial charge >= 0.3 is 0 Å². The molecule has 0 spiro atoms. The monoisotopic (exact) mass is 389 g/mol. The molecule has 1 radical (unpaired) electrons. The highest BCUT2D eigenvalue weighted by atomic mass is 16.8. The van der Waals surface area contributed by atoms with E-state index >= 15 is 0 Å². The molecule has 0 bridgehead atoms. The van der Waals surface area contributed by atoms with Crippen molar-refractivity contribution in [1.29, 1.82) is 0 Å². The standard InChI is InChI=1S/C22H21N4O3/c1-13-17-18(29-22(2,3)28-17)21(27-13)26-11-15(10-9-14-7-5-4-6-8-14)16-19(23)24-12-25-20(16)26/h4-8,11-13,17-18,21H,1H2,2-3H3,(H2,23,24,25)/t13-,17-,18-,21-/m1/s1. The second-order valence-electron chi connectivity index (χ2n) is 7.65. The minimum absolute atomic E-state index is 0.259. The first-order valence-electron chi connectivity index (χ1n) is 9.45. The summed E-state index contributed by atoms with van der Waals surface area (Å²) in [5.41, 5.74) is 8.45. The molecule has 2 N–H and O–H groups in total. The third-order valence-electron chi connectivity index (χ3n) is 5.15. The highest BCUT2D eigenvalue weighted by molar-refractivity contribution is 5.92. The number of hydrogen-bond donors (Lipinski definition) is 1. The van der Waals surface area contributed by atoms with E-state index < -0.39 is 12.0 Å². The Kier molecular flexibility index (Phi) is 4.10. The van der Waals surface area contributed by atoms with Crippen LogP contribution in [0.4, 0.5) is 5.82 Å². The Labute approximate surface area is 168 Å². The van der Waals surface area contributed by atoms with Gasteiger partial charge in [0.15, 0.2) is 12.0 Å². The van der Waals surface area contributed by atoms with E-state index in [1.807, 2.05) is 54.9 Å². The number of hydrogen-bond acceptors (Lipinski definition) is 6. The number of nitrogens with two attached hydrogens (primary N) is 1. The third kappa shape index (κ3) is 3.06. The normalized spacial score (nSPS) is 27.6. The molecule has 7 heteroatoms. The second kappa shape index (κ2) is 6.56. The molecule has 3 aromatic rings. The van der Waals surface area contributed by atoms with Crippen LogP contribution in [0.3, 0.4) is 0 Å². The Morgan fingerprint density at radius 3 is 2.66 bits per heavy atom. The summed E-state index contributed by atoms with van der Waals surface area (Å²) in [6.45, 7) is 7.85. The zero-order valence-electron chi connectivity index (χ0n) is 16.2. The summed E-state index contributed by atoms with van der Waals surface area (Å²) in [6, 6.07) is 9.76. The van der Waals surface area contributed by atoms with Crippen molar-refractivity contribution in [1.82, 2.24) is 14.5 Å². The predicted molar refractivity (Wildman–Crippen MR) is 107 cm³/mol. The minimum Gasteiger partial charge on any atom is -0.383 e. The highest BCUT2D eigenvalue weighted by Gasteiger charge is 2.54. The summed E-state index contributed by atoms with van der Waals surface area (Å²) < 4.78 is 20.1. The van der Waals surface area contributed by atoms with Crippen molar-refractivity contribution in [2.45, 2.75) is 44.2 Å². The number of fused-ring (bicyclic) bond motifs is 2. The number of anilines is 1. The van der Waals surface area contributed by atoms with E-state index in [0.717, 1.165) is 11.1 Å². The second-order valence-corrected chi connectivity index (χ2v) is 7.65. The van der Waals surface area contributed by atoms with Gasteiger partial charge in [-0.2, -0.15) is 0 Å². The van der Waals surface area contributed by atoms with Gasteiger partial charge in [-0.3, -0.25) is 0 Å². The fraction of sp³-hybridized carbons (Fsp3) is 0.318. The van der Waals surface area contributed by atoms with Gasteiger partial charge in [0.25, 0.3) is 0 Å². The lowest BCUT2D eigenvalue weighted by molar-refractivity contribution is -0.191. The van der Waals surface area contributed by atoms with Crippen molar-refractivity contribution in [3.8, 4) is 11.8 Å². The zero-order chi connectivity index (χ0) is 20.2. The van der Waals surface area contributed by atoms with E-state index in [1.54, 1.807) is 0 Å². The maximum Gasteiger partial charge on any atom is 0.164 e. The van der Waals surface area contributed by atoms with Gasteiger partial charge in [0.05, 0.1) is 17.1 Å². The zero-order valence-corrected chi connectivity index (χ0v) is 16.2. The smallest absolute Gasteiger partial charge is 0.164 e. The van der Waals surface area contributed by atoms with Gasteiger partial charge in [0.2, 0.25) is 0 Å². The van der Waals surface area contributed by atoms with Crippen molar-refractivity contribution < 1.29 is 14.2 Å². The first kappa shape index (κ1) is 18.1. The molecule has 4 heterocycles. The molecule has 2 saturated heterocycles. The Hall–Kier alpha value is -2.92. The quantitative estimate of drug-likeness (QED) is 0.644. The molecule has 0 unspecified atom stereocenters. The van der Waals surface area contributed by atoms with Crippen molar-refractivity contribution >= 4 is 16.9 Å². The predicted octanol–water partition coefficient (Wildman–Crippen LogP) is 2.66. The highest BCUT2D eigenvalue weighted by Crippen LogP contribution is 2.44. The molecule has 2 aromatic heterocycles. The average molecular weight is 389 g/mol. The van der Waals surface area contributed by atoms with Gasteiger partial charge in [0.1, 0.15) is 30.0 Å². The van der Waals surface area contributed by atoms with E-state index in [-0.39, 0.29) is 18.3 Å². The van der Waals surface area contributed by atoms with E-state index in [4.69, 9.17) is 19.9 Å². The fourth-order valence-electron chi connectivity index (χ4n) is 3.94. The van der Waals surface area contributed by atoms with Gasteiger partial charge in [0, 0.05) is 11.8 Å². The molecule has 29 heavy (non-hydrogen) atoms. The summed E-state index contributed by atoms with van der Waals surface area (Å²) in [5, 5.41) is 0.696. The van der Waals surface area contributed by atoms with Crippen molar-refractivity contribution in [3.05, 3.63) is 60.9 Å².